The van der Waals surface area contributed by atoms with Crippen LogP contribution in [0, 0.1) is 0 Å². The molecular formula is C31H24N2O3P2. The molecule has 1 atom stereocenters. The SMILES string of the molecule is O=C1c2ccccc2O[P@@](=O)(N=P(c2ccccc2)(c2ccccc2)c2ccccc2)N1c1ccccc1. The molecule has 38 heavy (non-hydrogen) atoms. The van der Waals surface area contributed by atoms with Crippen LogP contribution < -0.4 is 25.1 Å². The molecule has 5 aromatic rings. The summed E-state index contributed by atoms with van der Waals surface area (Å²) in [6.07, 6.45) is 0. The van der Waals surface area contributed by atoms with Crippen molar-refractivity contribution in [2.75, 3.05) is 4.67 Å². The molecule has 1 aliphatic rings. The van der Waals surface area contributed by atoms with Gasteiger partial charge in [-0.1, -0.05) is 121 Å². The van der Waals surface area contributed by atoms with Gasteiger partial charge in [-0.25, -0.2) is 9.24 Å². The predicted molar refractivity (Wildman–Crippen MR) is 156 cm³/mol. The molecule has 5 nitrogen and oxygen atoms in total. The van der Waals surface area contributed by atoms with Crippen molar-refractivity contribution >= 4 is 42.2 Å². The minimum atomic E-state index is -4.19. The second-order valence-electron chi connectivity index (χ2n) is 8.76. The van der Waals surface area contributed by atoms with E-state index in [1.807, 2.05) is 97.1 Å². The number of rotatable bonds is 5. The molecule has 1 amide bonds. The normalized spacial score (nSPS) is 16.8. The van der Waals surface area contributed by atoms with Gasteiger partial charge >= 0.3 is 7.67 Å². The Bertz CT molecular complexity index is 1590. The average Bonchev–Trinajstić information content (AvgIpc) is 2.98. The largest absolute Gasteiger partial charge is 0.474 e. The number of nitrogens with zero attached hydrogens (tertiary/aromatic N) is 2. The zero-order valence-corrected chi connectivity index (χ0v) is 22.2. The molecule has 0 aromatic heterocycles. The number of hydrogen-bond donors (Lipinski definition) is 0. The minimum Gasteiger partial charge on any atom is -0.412 e. The molecule has 0 saturated heterocycles. The Morgan fingerprint density at radius 2 is 1.00 bits per heavy atom. The minimum absolute atomic E-state index is 0.268. The number of amides is 1. The van der Waals surface area contributed by atoms with Gasteiger partial charge in [0.15, 0.2) is 0 Å². The van der Waals surface area contributed by atoms with Gasteiger partial charge in [-0.3, -0.25) is 4.79 Å². The van der Waals surface area contributed by atoms with Crippen molar-refractivity contribution in [1.82, 2.24) is 0 Å². The van der Waals surface area contributed by atoms with Crippen LogP contribution >= 0.6 is 14.7 Å². The highest BCUT2D eigenvalue weighted by molar-refractivity contribution is 7.91. The second kappa shape index (κ2) is 9.95. The third-order valence-corrected chi connectivity index (χ3v) is 12.9. The van der Waals surface area contributed by atoms with Crippen molar-refractivity contribution in [3.05, 3.63) is 151 Å². The van der Waals surface area contributed by atoms with E-state index >= 15 is 4.57 Å². The van der Waals surface area contributed by atoms with Crippen LogP contribution in [0.1, 0.15) is 10.4 Å². The fraction of sp³-hybridized carbons (Fsp3) is 0. The Morgan fingerprint density at radius 3 is 1.50 bits per heavy atom. The molecule has 0 unspecified atom stereocenters. The summed E-state index contributed by atoms with van der Waals surface area (Å²) in [5, 5.41) is 2.74. The van der Waals surface area contributed by atoms with Crippen molar-refractivity contribution in [3.63, 3.8) is 0 Å². The van der Waals surface area contributed by atoms with E-state index in [2.05, 4.69) is 0 Å². The first-order chi connectivity index (χ1) is 18.6. The van der Waals surface area contributed by atoms with E-state index in [4.69, 9.17) is 9.04 Å². The van der Waals surface area contributed by atoms with E-state index in [-0.39, 0.29) is 5.75 Å². The predicted octanol–water partition coefficient (Wildman–Crippen LogP) is 7.01. The van der Waals surface area contributed by atoms with Gasteiger partial charge in [0.2, 0.25) is 0 Å². The van der Waals surface area contributed by atoms with Gasteiger partial charge in [0, 0.05) is 15.9 Å². The molecule has 0 fully saturated rings. The van der Waals surface area contributed by atoms with E-state index in [0.717, 1.165) is 15.9 Å². The molecule has 0 saturated carbocycles. The van der Waals surface area contributed by atoms with E-state index in [9.17, 15) is 4.79 Å². The van der Waals surface area contributed by atoms with Crippen LogP contribution in [0.2, 0.25) is 0 Å². The van der Waals surface area contributed by atoms with Crippen molar-refractivity contribution < 1.29 is 13.9 Å². The maximum Gasteiger partial charge on any atom is 0.474 e. The third kappa shape index (κ3) is 4.11. The first-order valence-electron chi connectivity index (χ1n) is 12.2. The lowest BCUT2D eigenvalue weighted by molar-refractivity contribution is 0.0995. The summed E-state index contributed by atoms with van der Waals surface area (Å²) in [5.74, 6) is -0.138. The molecule has 6 rings (SSSR count). The first kappa shape index (κ1) is 24.2. The summed E-state index contributed by atoms with van der Waals surface area (Å²) in [6.45, 7) is 0. The fourth-order valence-corrected chi connectivity index (χ4v) is 11.7. The van der Waals surface area contributed by atoms with E-state index in [1.54, 1.807) is 48.5 Å². The summed E-state index contributed by atoms with van der Waals surface area (Å²) >= 11 is 0. The van der Waals surface area contributed by atoms with Crippen LogP contribution in [0.4, 0.5) is 5.69 Å². The average molecular weight is 534 g/mol. The van der Waals surface area contributed by atoms with E-state index < -0.39 is 20.6 Å². The molecular weight excluding hydrogens is 510 g/mol. The zero-order chi connectivity index (χ0) is 26.0. The third-order valence-electron chi connectivity index (χ3n) is 6.42. The zero-order valence-electron chi connectivity index (χ0n) is 20.4. The lowest BCUT2D eigenvalue weighted by Crippen LogP contribution is -2.34. The van der Waals surface area contributed by atoms with E-state index in [1.165, 1.54) is 4.67 Å². The Kier molecular flexibility index (Phi) is 6.33. The van der Waals surface area contributed by atoms with Crippen molar-refractivity contribution in [2.24, 2.45) is 4.52 Å². The molecule has 0 radical (unpaired) electrons. The number of para-hydroxylation sites is 2. The second-order valence-corrected chi connectivity index (χ2v) is 13.9. The number of anilines is 1. The molecule has 186 valence electrons. The van der Waals surface area contributed by atoms with Gasteiger partial charge in [0.25, 0.3) is 5.91 Å². The van der Waals surface area contributed by atoms with Crippen LogP contribution in [0.5, 0.6) is 5.75 Å². The highest BCUT2D eigenvalue weighted by atomic mass is 31.2. The van der Waals surface area contributed by atoms with Gasteiger partial charge < -0.3 is 4.52 Å². The highest BCUT2D eigenvalue weighted by Crippen LogP contribution is 2.65. The fourth-order valence-electron chi connectivity index (χ4n) is 4.71. The number of carbonyl (C=O) groups excluding carboxylic acids is 1. The molecule has 7 heteroatoms. The van der Waals surface area contributed by atoms with Crippen LogP contribution in [0.3, 0.4) is 0 Å². The van der Waals surface area contributed by atoms with Gasteiger partial charge in [0.1, 0.15) is 5.75 Å². The molecule has 5 aromatic carbocycles. The topological polar surface area (TPSA) is 59.0 Å². The van der Waals surface area contributed by atoms with Gasteiger partial charge in [0.05, 0.1) is 18.3 Å². The van der Waals surface area contributed by atoms with E-state index in [0.29, 0.717) is 11.3 Å². The van der Waals surface area contributed by atoms with Crippen LogP contribution in [0.15, 0.2) is 150 Å². The maximum atomic E-state index is 15.2. The standard InChI is InChI=1S/C31H24N2O3P2/c34-31-29-23-13-14-24-30(29)36-38(35,33(31)25-15-5-1-6-16-25)32-37(26-17-7-2-8-18-26,27-19-9-3-10-20-27)28-21-11-4-12-22-28/h1-24H/t38-/m0/s1. The number of carbonyl (C=O) groups is 1. The van der Waals surface area contributed by atoms with Crippen molar-refractivity contribution in [3.8, 4) is 5.75 Å². The summed E-state index contributed by atoms with van der Waals surface area (Å²) in [6, 6.07) is 45.5. The summed E-state index contributed by atoms with van der Waals surface area (Å²) in [7, 11) is -7.13. The Morgan fingerprint density at radius 1 is 0.579 bits per heavy atom. The first-order valence-corrected chi connectivity index (χ1v) is 15.5. The van der Waals surface area contributed by atoms with Crippen LogP contribution in [0.25, 0.3) is 0 Å². The number of fused-ring (bicyclic) bond motifs is 1. The number of hydrogen-bond acceptors (Lipinski definition) is 3. The molecule has 0 aliphatic carbocycles. The van der Waals surface area contributed by atoms with Gasteiger partial charge in [-0.15, -0.1) is 0 Å². The van der Waals surface area contributed by atoms with Gasteiger partial charge in [-0.2, -0.15) is 4.52 Å². The van der Waals surface area contributed by atoms with Crippen molar-refractivity contribution in [2.45, 2.75) is 0 Å². The summed E-state index contributed by atoms with van der Waals surface area (Å²) in [4.78, 5) is 14.0. The lowest BCUT2D eigenvalue weighted by atomic mass is 10.2. The van der Waals surface area contributed by atoms with Gasteiger partial charge in [-0.05, 0) is 24.3 Å². The van der Waals surface area contributed by atoms with Crippen LogP contribution in [-0.2, 0) is 4.57 Å². The maximum absolute atomic E-state index is 15.2. The quantitative estimate of drug-likeness (QED) is 0.228. The molecule has 0 N–H and O–H groups in total. The molecule has 0 bridgehead atoms. The smallest absolute Gasteiger partial charge is 0.412 e. The highest BCUT2D eigenvalue weighted by Gasteiger charge is 2.47. The Balaban J connectivity index is 1.74. The Hall–Kier alpha value is -4.17. The summed E-state index contributed by atoms with van der Waals surface area (Å²) < 4.78 is 28.0. The molecule has 1 heterocycles. The number of benzene rings is 5. The van der Waals surface area contributed by atoms with Crippen molar-refractivity contribution in [1.29, 1.82) is 0 Å². The molecule has 0 spiro atoms. The van der Waals surface area contributed by atoms with Crippen LogP contribution in [-0.4, -0.2) is 5.91 Å². The lowest BCUT2D eigenvalue weighted by Gasteiger charge is -2.36. The summed E-state index contributed by atoms with van der Waals surface area (Å²) in [5.41, 5.74) is 0.812. The molecule has 1 aliphatic heterocycles. The Labute approximate surface area is 222 Å². The monoisotopic (exact) mass is 534 g/mol.